The van der Waals surface area contributed by atoms with Gasteiger partial charge >= 0.3 is 5.97 Å². The van der Waals surface area contributed by atoms with Crippen LogP contribution in [0.25, 0.3) is 0 Å². The molecule has 0 N–H and O–H groups in total. The molecule has 8 heteroatoms. The molecule has 22 heavy (non-hydrogen) atoms. The summed E-state index contributed by atoms with van der Waals surface area (Å²) in [5.74, 6) is -4.90. The molecule has 126 valence electrons. The topological polar surface area (TPSA) is 72.5 Å². The van der Waals surface area contributed by atoms with Gasteiger partial charge < -0.3 is 28.4 Å². The Labute approximate surface area is 127 Å². The zero-order chi connectivity index (χ0) is 16.3. The van der Waals surface area contributed by atoms with E-state index < -0.39 is 48.0 Å². The summed E-state index contributed by atoms with van der Waals surface area (Å²) in [7, 11) is 0. The molecule has 0 aromatic carbocycles. The van der Waals surface area contributed by atoms with Crippen LogP contribution in [-0.4, -0.2) is 54.6 Å². The number of halogens is 1. The number of carbonyl (C=O) groups excluding carboxylic acids is 1. The minimum Gasteiger partial charge on any atom is -0.463 e. The van der Waals surface area contributed by atoms with Crippen molar-refractivity contribution in [2.45, 2.75) is 76.6 Å². The second-order valence-corrected chi connectivity index (χ2v) is 6.65. The van der Waals surface area contributed by atoms with E-state index >= 15 is 4.39 Å². The van der Waals surface area contributed by atoms with Crippen LogP contribution in [0, 0.1) is 0 Å². The summed E-state index contributed by atoms with van der Waals surface area (Å²) in [6, 6.07) is 0. The molecule has 0 aliphatic carbocycles. The largest absolute Gasteiger partial charge is 0.463 e. The van der Waals surface area contributed by atoms with Crippen LogP contribution < -0.4 is 0 Å². The molecule has 3 rings (SSSR count). The first-order chi connectivity index (χ1) is 10.0. The van der Waals surface area contributed by atoms with Crippen molar-refractivity contribution in [1.82, 2.24) is 0 Å². The van der Waals surface area contributed by atoms with E-state index in [1.165, 1.54) is 6.92 Å². The van der Waals surface area contributed by atoms with E-state index in [-0.39, 0.29) is 6.61 Å². The van der Waals surface area contributed by atoms with Crippen molar-refractivity contribution in [1.29, 1.82) is 0 Å². The minimum absolute atomic E-state index is 0.0771. The highest BCUT2D eigenvalue weighted by Crippen LogP contribution is 2.51. The quantitative estimate of drug-likeness (QED) is 0.709. The van der Waals surface area contributed by atoms with Gasteiger partial charge in [-0.3, -0.25) is 4.79 Å². The SMILES string of the molecule is CC(=O)OC[C@H]1O[C@@H]2OC(C)(C)O[C@]2(F)[C@H]2OC(C)(C)O[C@@H]12. The average molecular weight is 320 g/mol. The summed E-state index contributed by atoms with van der Waals surface area (Å²) in [4.78, 5) is 11.0. The number of ether oxygens (including phenoxy) is 6. The number of fused-ring (bicyclic) bond motifs is 3. The number of hydrogen-bond acceptors (Lipinski definition) is 7. The van der Waals surface area contributed by atoms with Crippen molar-refractivity contribution < 1.29 is 37.6 Å². The number of carbonyl (C=O) groups is 1. The summed E-state index contributed by atoms with van der Waals surface area (Å²) in [5, 5.41) is 0. The molecule has 0 saturated carbocycles. The third-order valence-electron chi connectivity index (χ3n) is 3.75. The minimum atomic E-state index is -2.28. The third-order valence-corrected chi connectivity index (χ3v) is 3.75. The van der Waals surface area contributed by atoms with E-state index in [2.05, 4.69) is 0 Å². The smallest absolute Gasteiger partial charge is 0.302 e. The summed E-state index contributed by atoms with van der Waals surface area (Å²) < 4.78 is 48.2. The number of alkyl halides is 1. The molecule has 3 aliphatic heterocycles. The van der Waals surface area contributed by atoms with Crippen molar-refractivity contribution in [3.05, 3.63) is 0 Å². The van der Waals surface area contributed by atoms with Crippen LogP contribution >= 0.6 is 0 Å². The molecular weight excluding hydrogens is 299 g/mol. The fourth-order valence-electron chi connectivity index (χ4n) is 3.03. The molecule has 3 heterocycles. The van der Waals surface area contributed by atoms with Gasteiger partial charge in [0, 0.05) is 6.92 Å². The first kappa shape index (κ1) is 16.1. The fourth-order valence-corrected chi connectivity index (χ4v) is 3.03. The predicted molar refractivity (Wildman–Crippen MR) is 69.2 cm³/mol. The number of esters is 1. The molecule has 0 amide bonds. The molecule has 0 aromatic heterocycles. The molecule has 3 aliphatic rings. The van der Waals surface area contributed by atoms with Crippen molar-refractivity contribution in [2.75, 3.05) is 6.61 Å². The van der Waals surface area contributed by atoms with Crippen LogP contribution in [0.4, 0.5) is 4.39 Å². The third kappa shape index (κ3) is 2.63. The van der Waals surface area contributed by atoms with Crippen LogP contribution in [-0.2, 0) is 33.2 Å². The highest BCUT2D eigenvalue weighted by atomic mass is 19.2. The van der Waals surface area contributed by atoms with E-state index in [4.69, 9.17) is 28.4 Å². The van der Waals surface area contributed by atoms with Gasteiger partial charge in [0.15, 0.2) is 17.7 Å². The lowest BCUT2D eigenvalue weighted by Crippen LogP contribution is -2.62. The average Bonchev–Trinajstić information content (AvgIpc) is 2.79. The highest BCUT2D eigenvalue weighted by molar-refractivity contribution is 5.65. The molecule has 3 fully saturated rings. The van der Waals surface area contributed by atoms with Gasteiger partial charge in [0.2, 0.25) is 6.29 Å². The zero-order valence-electron chi connectivity index (χ0n) is 13.3. The Hall–Kier alpha value is -0.800. The molecule has 7 nitrogen and oxygen atoms in total. The Morgan fingerprint density at radius 1 is 1.14 bits per heavy atom. The van der Waals surface area contributed by atoms with Crippen LogP contribution in [0.5, 0.6) is 0 Å². The van der Waals surface area contributed by atoms with Gasteiger partial charge in [-0.05, 0) is 27.7 Å². The second kappa shape index (κ2) is 4.85. The maximum Gasteiger partial charge on any atom is 0.302 e. The summed E-state index contributed by atoms with van der Waals surface area (Å²) in [5.41, 5.74) is 0. The van der Waals surface area contributed by atoms with Gasteiger partial charge in [0.05, 0.1) is 0 Å². The van der Waals surface area contributed by atoms with Crippen molar-refractivity contribution in [3.8, 4) is 0 Å². The monoisotopic (exact) mass is 320 g/mol. The Kier molecular flexibility index (Phi) is 3.54. The summed E-state index contributed by atoms with van der Waals surface area (Å²) >= 11 is 0. The van der Waals surface area contributed by atoms with Crippen LogP contribution in [0.2, 0.25) is 0 Å². The highest BCUT2D eigenvalue weighted by Gasteiger charge is 2.70. The van der Waals surface area contributed by atoms with Crippen LogP contribution in [0.1, 0.15) is 34.6 Å². The molecule has 5 atom stereocenters. The molecule has 0 spiro atoms. The standard InChI is InChI=1S/C14H21FO7/c1-7(16)17-6-8-9-10(20-12(2,3)19-9)14(15)11(18-8)21-13(4,5)22-14/h8-11H,6H2,1-5H3/t8-,9+,10+,11-,14-/m1/s1. The van der Waals surface area contributed by atoms with E-state index in [1.807, 2.05) is 0 Å². The maximum absolute atomic E-state index is 15.3. The van der Waals surface area contributed by atoms with Gasteiger partial charge in [-0.15, -0.1) is 0 Å². The molecule has 3 saturated heterocycles. The van der Waals surface area contributed by atoms with Crippen LogP contribution in [0.3, 0.4) is 0 Å². The molecule has 0 bridgehead atoms. The van der Waals surface area contributed by atoms with Gasteiger partial charge in [0.1, 0.15) is 18.8 Å². The van der Waals surface area contributed by atoms with Crippen molar-refractivity contribution in [3.63, 3.8) is 0 Å². The molecule has 0 aromatic rings. The number of rotatable bonds is 2. The Balaban J connectivity index is 1.87. The molecule has 0 unspecified atom stereocenters. The van der Waals surface area contributed by atoms with Gasteiger partial charge in [-0.25, -0.2) is 4.39 Å². The van der Waals surface area contributed by atoms with Crippen molar-refractivity contribution in [2.24, 2.45) is 0 Å². The van der Waals surface area contributed by atoms with E-state index in [0.29, 0.717) is 0 Å². The van der Waals surface area contributed by atoms with Crippen molar-refractivity contribution >= 4 is 5.97 Å². The maximum atomic E-state index is 15.3. The first-order valence-corrected chi connectivity index (χ1v) is 7.24. The van der Waals surface area contributed by atoms with Crippen LogP contribution in [0.15, 0.2) is 0 Å². The van der Waals surface area contributed by atoms with E-state index in [1.54, 1.807) is 27.7 Å². The predicted octanol–water partition coefficient (Wildman–Crippen LogP) is 1.24. The van der Waals surface area contributed by atoms with Gasteiger partial charge in [0.25, 0.3) is 5.85 Å². The van der Waals surface area contributed by atoms with E-state index in [0.717, 1.165) is 0 Å². The second-order valence-electron chi connectivity index (χ2n) is 6.65. The Morgan fingerprint density at radius 2 is 1.82 bits per heavy atom. The lowest BCUT2D eigenvalue weighted by Gasteiger charge is -2.40. The van der Waals surface area contributed by atoms with E-state index in [9.17, 15) is 4.79 Å². The Morgan fingerprint density at radius 3 is 2.45 bits per heavy atom. The number of hydrogen-bond donors (Lipinski definition) is 0. The Bertz CT molecular complexity index is 480. The van der Waals surface area contributed by atoms with Gasteiger partial charge in [-0.2, -0.15) is 0 Å². The summed E-state index contributed by atoms with van der Waals surface area (Å²) in [6.07, 6.45) is -3.79. The van der Waals surface area contributed by atoms with Gasteiger partial charge in [-0.1, -0.05) is 0 Å². The summed E-state index contributed by atoms with van der Waals surface area (Å²) in [6.45, 7) is 7.74. The fraction of sp³-hybridized carbons (Fsp3) is 0.929. The lowest BCUT2D eigenvalue weighted by atomic mass is 9.97. The lowest BCUT2D eigenvalue weighted by molar-refractivity contribution is -0.309. The molecule has 0 radical (unpaired) electrons. The normalized spacial score (nSPS) is 45.2. The zero-order valence-corrected chi connectivity index (χ0v) is 13.3. The first-order valence-electron chi connectivity index (χ1n) is 7.24. The molecular formula is C14H21FO7.